The van der Waals surface area contributed by atoms with Crippen LogP contribution in [0.5, 0.6) is 11.5 Å². The number of ether oxygens (including phenoxy) is 2. The fourth-order valence-corrected chi connectivity index (χ4v) is 3.25. The first-order valence-electron chi connectivity index (χ1n) is 9.88. The number of hydrogen-bond acceptors (Lipinski definition) is 5. The Bertz CT molecular complexity index is 783. The number of nitrogens with one attached hydrogen (secondary N) is 2. The fourth-order valence-electron chi connectivity index (χ4n) is 3.25. The van der Waals surface area contributed by atoms with Gasteiger partial charge in [-0.15, -0.1) is 0 Å². The second-order valence-electron chi connectivity index (χ2n) is 6.86. The summed E-state index contributed by atoms with van der Waals surface area (Å²) in [5.41, 5.74) is 1.06. The van der Waals surface area contributed by atoms with Crippen LogP contribution in [-0.4, -0.2) is 40.5 Å². The minimum atomic E-state index is 0.308. The second-order valence-corrected chi connectivity index (χ2v) is 6.86. The molecule has 3 rings (SSSR count). The molecule has 0 amide bonds. The fraction of sp³-hybridized carbons (Fsp3) is 0.550. The average molecular weight is 387 g/mol. The van der Waals surface area contributed by atoms with Gasteiger partial charge in [0.2, 0.25) is 0 Å². The molecule has 1 aliphatic rings. The molecule has 0 radical (unpaired) electrons. The number of aryl methyl sites for hydroxylation is 1. The molecular weight excluding hydrogens is 356 g/mol. The maximum absolute atomic E-state index is 6.11. The van der Waals surface area contributed by atoms with Gasteiger partial charge >= 0.3 is 0 Å². The molecule has 1 fully saturated rings. The number of methoxy groups -OCH3 is 1. The molecule has 1 saturated carbocycles. The molecule has 1 aliphatic carbocycles. The molecule has 0 bridgehead atoms. The predicted molar refractivity (Wildman–Crippen MR) is 109 cm³/mol. The molecule has 28 heavy (non-hydrogen) atoms. The zero-order chi connectivity index (χ0) is 19.8. The van der Waals surface area contributed by atoms with Crippen molar-refractivity contribution in [3.8, 4) is 11.5 Å². The molecule has 1 heterocycles. The van der Waals surface area contributed by atoms with Crippen LogP contribution in [0, 0.1) is 0 Å². The lowest BCUT2D eigenvalue weighted by Crippen LogP contribution is -2.37. The van der Waals surface area contributed by atoms with E-state index in [9.17, 15) is 0 Å². The van der Waals surface area contributed by atoms with Gasteiger partial charge in [0.05, 0.1) is 26.3 Å². The van der Waals surface area contributed by atoms with Crippen molar-refractivity contribution in [1.82, 2.24) is 25.4 Å². The van der Waals surface area contributed by atoms with E-state index >= 15 is 0 Å². The van der Waals surface area contributed by atoms with Gasteiger partial charge in [-0.1, -0.05) is 6.07 Å². The molecule has 8 nitrogen and oxygen atoms in total. The summed E-state index contributed by atoms with van der Waals surface area (Å²) >= 11 is 0. The van der Waals surface area contributed by atoms with Crippen molar-refractivity contribution >= 4 is 5.96 Å². The van der Waals surface area contributed by atoms with E-state index in [0.29, 0.717) is 19.2 Å². The number of benzene rings is 1. The van der Waals surface area contributed by atoms with E-state index in [2.05, 4.69) is 25.7 Å². The smallest absolute Gasteiger partial charge is 0.191 e. The van der Waals surface area contributed by atoms with Crippen molar-refractivity contribution in [2.75, 3.05) is 13.7 Å². The Hall–Kier alpha value is -2.77. The van der Waals surface area contributed by atoms with E-state index in [-0.39, 0.29) is 0 Å². The lowest BCUT2D eigenvalue weighted by Gasteiger charge is -2.16. The number of aliphatic imine (C=N–C) groups is 1. The van der Waals surface area contributed by atoms with Crippen LogP contribution in [0.25, 0.3) is 0 Å². The van der Waals surface area contributed by atoms with Gasteiger partial charge in [0, 0.05) is 13.6 Å². The van der Waals surface area contributed by atoms with E-state index < -0.39 is 0 Å². The predicted octanol–water partition coefficient (Wildman–Crippen LogP) is 2.40. The second kappa shape index (κ2) is 9.96. The third kappa shape index (κ3) is 5.37. The highest BCUT2D eigenvalue weighted by Gasteiger charge is 2.18. The van der Waals surface area contributed by atoms with Crippen molar-refractivity contribution in [3.63, 3.8) is 0 Å². The SMILES string of the molecule is CCNC(=NCc1ccc(OC2CCCC2)c(OC)c1)NCc1ncnn1C. The number of nitrogens with zero attached hydrogens (tertiary/aromatic N) is 4. The highest BCUT2D eigenvalue weighted by atomic mass is 16.5. The average Bonchev–Trinajstić information content (AvgIpc) is 3.36. The molecule has 1 aromatic heterocycles. The van der Waals surface area contributed by atoms with Crippen LogP contribution in [0.15, 0.2) is 29.5 Å². The normalized spacial score (nSPS) is 14.9. The van der Waals surface area contributed by atoms with E-state index in [1.54, 1.807) is 18.1 Å². The van der Waals surface area contributed by atoms with Crippen molar-refractivity contribution in [2.24, 2.45) is 12.0 Å². The first kappa shape index (κ1) is 20.0. The highest BCUT2D eigenvalue weighted by molar-refractivity contribution is 5.79. The summed E-state index contributed by atoms with van der Waals surface area (Å²) in [6.07, 6.45) is 6.59. The highest BCUT2D eigenvalue weighted by Crippen LogP contribution is 2.32. The molecule has 0 saturated heterocycles. The summed E-state index contributed by atoms with van der Waals surface area (Å²) in [6, 6.07) is 6.03. The molecule has 2 aromatic rings. The van der Waals surface area contributed by atoms with E-state index in [1.165, 1.54) is 12.8 Å². The molecular formula is C20H30N6O2. The molecule has 2 N–H and O–H groups in total. The van der Waals surface area contributed by atoms with Gasteiger partial charge in [-0.05, 0) is 50.3 Å². The van der Waals surface area contributed by atoms with Crippen LogP contribution in [0.4, 0.5) is 0 Å². The van der Waals surface area contributed by atoms with Crippen LogP contribution >= 0.6 is 0 Å². The maximum Gasteiger partial charge on any atom is 0.191 e. The summed E-state index contributed by atoms with van der Waals surface area (Å²) in [7, 11) is 3.55. The third-order valence-corrected chi connectivity index (χ3v) is 4.81. The summed E-state index contributed by atoms with van der Waals surface area (Å²) in [4.78, 5) is 8.88. The standard InChI is InChI=1S/C20H30N6O2/c1-4-21-20(23-13-19-24-14-25-26(19)2)22-12-15-9-10-17(18(11-15)27-3)28-16-7-5-6-8-16/h9-11,14,16H,4-8,12-13H2,1-3H3,(H2,21,22,23). The number of hydrogen-bond donors (Lipinski definition) is 2. The van der Waals surface area contributed by atoms with Crippen LogP contribution in [0.3, 0.4) is 0 Å². The van der Waals surface area contributed by atoms with Gasteiger partial charge < -0.3 is 20.1 Å². The zero-order valence-corrected chi connectivity index (χ0v) is 16.9. The van der Waals surface area contributed by atoms with Crippen LogP contribution in [0.1, 0.15) is 44.0 Å². The Morgan fingerprint density at radius 3 is 2.75 bits per heavy atom. The summed E-state index contributed by atoms with van der Waals surface area (Å²) in [5, 5.41) is 10.6. The molecule has 152 valence electrons. The van der Waals surface area contributed by atoms with Gasteiger partial charge in [0.25, 0.3) is 0 Å². The largest absolute Gasteiger partial charge is 0.493 e. The van der Waals surface area contributed by atoms with Gasteiger partial charge in [0.1, 0.15) is 12.2 Å². The van der Waals surface area contributed by atoms with Gasteiger partial charge in [-0.25, -0.2) is 9.98 Å². The maximum atomic E-state index is 6.11. The van der Waals surface area contributed by atoms with E-state index in [0.717, 1.165) is 48.2 Å². The first-order chi connectivity index (χ1) is 13.7. The molecule has 0 unspecified atom stereocenters. The number of rotatable bonds is 8. The molecule has 1 aromatic carbocycles. The van der Waals surface area contributed by atoms with Gasteiger partial charge in [-0.3, -0.25) is 4.68 Å². The monoisotopic (exact) mass is 386 g/mol. The Morgan fingerprint density at radius 1 is 1.25 bits per heavy atom. The quantitative estimate of drug-likeness (QED) is 0.535. The lowest BCUT2D eigenvalue weighted by atomic mass is 10.2. The van der Waals surface area contributed by atoms with Crippen molar-refractivity contribution < 1.29 is 9.47 Å². The first-order valence-corrected chi connectivity index (χ1v) is 9.88. The molecule has 0 aliphatic heterocycles. The molecule has 0 atom stereocenters. The molecule has 8 heteroatoms. The summed E-state index contributed by atoms with van der Waals surface area (Å²) in [6.45, 7) is 3.91. The number of aromatic nitrogens is 3. The Morgan fingerprint density at radius 2 is 2.07 bits per heavy atom. The molecule has 0 spiro atoms. The Kier molecular flexibility index (Phi) is 7.11. The summed E-state index contributed by atoms with van der Waals surface area (Å²) < 4.78 is 13.4. The lowest BCUT2D eigenvalue weighted by molar-refractivity contribution is 0.200. The van der Waals surface area contributed by atoms with Gasteiger partial charge in [0.15, 0.2) is 17.5 Å². The minimum Gasteiger partial charge on any atom is -0.493 e. The Labute approximate surface area is 166 Å². The summed E-state index contributed by atoms with van der Waals surface area (Å²) in [5.74, 6) is 3.16. The van der Waals surface area contributed by atoms with Gasteiger partial charge in [-0.2, -0.15) is 5.10 Å². The minimum absolute atomic E-state index is 0.308. The van der Waals surface area contributed by atoms with E-state index in [1.807, 2.05) is 32.2 Å². The Balaban J connectivity index is 1.63. The third-order valence-electron chi connectivity index (χ3n) is 4.81. The van der Waals surface area contributed by atoms with Crippen LogP contribution in [-0.2, 0) is 20.1 Å². The number of guanidine groups is 1. The van der Waals surface area contributed by atoms with Crippen LogP contribution in [0.2, 0.25) is 0 Å². The zero-order valence-electron chi connectivity index (χ0n) is 16.9. The van der Waals surface area contributed by atoms with Crippen molar-refractivity contribution in [2.45, 2.75) is 51.8 Å². The van der Waals surface area contributed by atoms with Crippen LogP contribution < -0.4 is 20.1 Å². The van der Waals surface area contributed by atoms with Crippen molar-refractivity contribution in [1.29, 1.82) is 0 Å². The van der Waals surface area contributed by atoms with Crippen molar-refractivity contribution in [3.05, 3.63) is 35.9 Å². The van der Waals surface area contributed by atoms with E-state index in [4.69, 9.17) is 9.47 Å². The topological polar surface area (TPSA) is 85.6 Å².